The molecular weight excluding hydrogens is 302 g/mol. The fraction of sp³-hybridized carbons (Fsp3) is 0.263. The number of benzene rings is 2. The van der Waals surface area contributed by atoms with E-state index in [0.29, 0.717) is 17.8 Å². The highest BCUT2D eigenvalue weighted by Crippen LogP contribution is 2.19. The third kappa shape index (κ3) is 4.84. The van der Waals surface area contributed by atoms with Crippen molar-refractivity contribution in [2.24, 2.45) is 0 Å². The number of nitrogens with one attached hydrogen (secondary N) is 3. The van der Waals surface area contributed by atoms with Gasteiger partial charge in [-0.1, -0.05) is 25.1 Å². The van der Waals surface area contributed by atoms with E-state index < -0.39 is 0 Å². The zero-order chi connectivity index (χ0) is 17.5. The van der Waals surface area contributed by atoms with Crippen LogP contribution < -0.4 is 16.0 Å². The molecule has 5 nitrogen and oxygen atoms in total. The summed E-state index contributed by atoms with van der Waals surface area (Å²) in [7, 11) is 0. The van der Waals surface area contributed by atoms with Crippen LogP contribution in [0.2, 0.25) is 0 Å². The standard InChI is InChI=1S/C19H23N3O2/c1-4-17(23)21-15-8-10-16(11-9-15)22-18(24)12-20-19-13(2)6-5-7-14(19)3/h5-11,20H,4,12H2,1-3H3,(H,21,23)(H,22,24). The Bertz CT molecular complexity index is 704. The van der Waals surface area contributed by atoms with E-state index in [4.69, 9.17) is 0 Å². The average molecular weight is 325 g/mol. The van der Waals surface area contributed by atoms with Gasteiger partial charge in [-0.2, -0.15) is 0 Å². The van der Waals surface area contributed by atoms with Crippen molar-refractivity contribution in [3.63, 3.8) is 0 Å². The van der Waals surface area contributed by atoms with Crippen LogP contribution in [0.4, 0.5) is 17.1 Å². The molecule has 0 radical (unpaired) electrons. The number of anilines is 3. The van der Waals surface area contributed by atoms with Gasteiger partial charge in [0.05, 0.1) is 6.54 Å². The van der Waals surface area contributed by atoms with E-state index in [0.717, 1.165) is 16.8 Å². The number of hydrogen-bond donors (Lipinski definition) is 3. The quantitative estimate of drug-likeness (QED) is 0.758. The molecule has 2 amide bonds. The topological polar surface area (TPSA) is 70.2 Å². The van der Waals surface area contributed by atoms with Crippen molar-refractivity contribution in [1.82, 2.24) is 0 Å². The summed E-state index contributed by atoms with van der Waals surface area (Å²) in [5.74, 6) is -0.160. The van der Waals surface area contributed by atoms with E-state index in [1.807, 2.05) is 32.0 Å². The van der Waals surface area contributed by atoms with Gasteiger partial charge in [-0.15, -0.1) is 0 Å². The van der Waals surface area contributed by atoms with Crippen molar-refractivity contribution in [2.45, 2.75) is 27.2 Å². The fourth-order valence-corrected chi connectivity index (χ4v) is 2.35. The van der Waals surface area contributed by atoms with Crippen molar-refractivity contribution in [3.05, 3.63) is 53.6 Å². The minimum absolute atomic E-state index is 0.0374. The Balaban J connectivity index is 1.89. The lowest BCUT2D eigenvalue weighted by Gasteiger charge is -2.13. The van der Waals surface area contributed by atoms with E-state index in [1.54, 1.807) is 31.2 Å². The van der Waals surface area contributed by atoms with Crippen LogP contribution >= 0.6 is 0 Å². The first kappa shape index (κ1) is 17.5. The SMILES string of the molecule is CCC(=O)Nc1ccc(NC(=O)CNc2c(C)cccc2C)cc1. The van der Waals surface area contributed by atoms with Gasteiger partial charge in [0, 0.05) is 23.5 Å². The van der Waals surface area contributed by atoms with Crippen LogP contribution in [0.5, 0.6) is 0 Å². The number of carbonyl (C=O) groups excluding carboxylic acids is 2. The van der Waals surface area contributed by atoms with Gasteiger partial charge in [0.2, 0.25) is 11.8 Å². The van der Waals surface area contributed by atoms with Gasteiger partial charge >= 0.3 is 0 Å². The molecule has 2 aromatic rings. The lowest BCUT2D eigenvalue weighted by Crippen LogP contribution is -2.22. The third-order valence-corrected chi connectivity index (χ3v) is 3.68. The number of aryl methyl sites for hydroxylation is 2. The Morgan fingerprint density at radius 1 is 0.833 bits per heavy atom. The lowest BCUT2D eigenvalue weighted by atomic mass is 10.1. The van der Waals surface area contributed by atoms with Gasteiger partial charge in [0.25, 0.3) is 0 Å². The molecular formula is C19H23N3O2. The van der Waals surface area contributed by atoms with Crippen LogP contribution in [0.25, 0.3) is 0 Å². The molecule has 2 aromatic carbocycles. The Hall–Kier alpha value is -2.82. The van der Waals surface area contributed by atoms with Crippen molar-refractivity contribution in [2.75, 3.05) is 22.5 Å². The molecule has 0 fully saturated rings. The zero-order valence-electron chi connectivity index (χ0n) is 14.3. The van der Waals surface area contributed by atoms with Crippen molar-refractivity contribution >= 4 is 28.9 Å². The molecule has 0 unspecified atom stereocenters. The summed E-state index contributed by atoms with van der Waals surface area (Å²) in [5, 5.41) is 8.78. The van der Waals surface area contributed by atoms with Crippen LogP contribution in [0.1, 0.15) is 24.5 Å². The Kier molecular flexibility index (Phi) is 5.95. The molecule has 0 saturated carbocycles. The molecule has 0 atom stereocenters. The van der Waals surface area contributed by atoms with Crippen LogP contribution in [-0.4, -0.2) is 18.4 Å². The van der Waals surface area contributed by atoms with Crippen LogP contribution in [0.3, 0.4) is 0 Å². The van der Waals surface area contributed by atoms with Gasteiger partial charge in [-0.05, 0) is 49.2 Å². The average Bonchev–Trinajstić information content (AvgIpc) is 2.56. The molecule has 0 heterocycles. The zero-order valence-corrected chi connectivity index (χ0v) is 14.3. The van der Waals surface area contributed by atoms with Gasteiger partial charge in [0.1, 0.15) is 0 Å². The second-order valence-electron chi connectivity index (χ2n) is 5.65. The molecule has 24 heavy (non-hydrogen) atoms. The maximum atomic E-state index is 12.1. The van der Waals surface area contributed by atoms with Crippen LogP contribution in [0.15, 0.2) is 42.5 Å². The van der Waals surface area contributed by atoms with E-state index in [2.05, 4.69) is 16.0 Å². The molecule has 0 aliphatic rings. The first-order valence-electron chi connectivity index (χ1n) is 7.99. The molecule has 0 aromatic heterocycles. The lowest BCUT2D eigenvalue weighted by molar-refractivity contribution is -0.116. The predicted octanol–water partition coefficient (Wildman–Crippen LogP) is 3.70. The maximum Gasteiger partial charge on any atom is 0.243 e. The fourth-order valence-electron chi connectivity index (χ4n) is 2.35. The Morgan fingerprint density at radius 2 is 1.33 bits per heavy atom. The second kappa shape index (κ2) is 8.15. The van der Waals surface area contributed by atoms with Gasteiger partial charge < -0.3 is 16.0 Å². The number of amides is 2. The molecule has 0 bridgehead atoms. The summed E-state index contributed by atoms with van der Waals surface area (Å²) in [4.78, 5) is 23.4. The molecule has 0 spiro atoms. The molecule has 3 N–H and O–H groups in total. The minimum atomic E-state index is -0.122. The second-order valence-corrected chi connectivity index (χ2v) is 5.65. The summed E-state index contributed by atoms with van der Waals surface area (Å²) in [6.45, 7) is 6.01. The number of carbonyl (C=O) groups is 2. The number of hydrogen-bond acceptors (Lipinski definition) is 3. The largest absolute Gasteiger partial charge is 0.376 e. The van der Waals surface area contributed by atoms with Crippen LogP contribution in [-0.2, 0) is 9.59 Å². The third-order valence-electron chi connectivity index (χ3n) is 3.68. The monoisotopic (exact) mass is 325 g/mol. The van der Waals surface area contributed by atoms with Gasteiger partial charge in [-0.25, -0.2) is 0 Å². The summed E-state index contributed by atoms with van der Waals surface area (Å²) in [6.07, 6.45) is 0.433. The first-order chi connectivity index (χ1) is 11.5. The highest BCUT2D eigenvalue weighted by molar-refractivity contribution is 5.95. The number of para-hydroxylation sites is 1. The molecule has 5 heteroatoms. The summed E-state index contributed by atoms with van der Waals surface area (Å²) in [5.41, 5.74) is 4.62. The van der Waals surface area contributed by atoms with Crippen molar-refractivity contribution in [3.8, 4) is 0 Å². The molecule has 0 aliphatic carbocycles. The van der Waals surface area contributed by atoms with Gasteiger partial charge in [0.15, 0.2) is 0 Å². The number of rotatable bonds is 6. The molecule has 0 aliphatic heterocycles. The summed E-state index contributed by atoms with van der Waals surface area (Å²) < 4.78 is 0. The predicted molar refractivity (Wildman–Crippen MR) is 98.4 cm³/mol. The maximum absolute atomic E-state index is 12.1. The van der Waals surface area contributed by atoms with E-state index in [-0.39, 0.29) is 18.4 Å². The molecule has 2 rings (SSSR count). The first-order valence-corrected chi connectivity index (χ1v) is 7.99. The van der Waals surface area contributed by atoms with E-state index >= 15 is 0 Å². The summed E-state index contributed by atoms with van der Waals surface area (Å²) >= 11 is 0. The van der Waals surface area contributed by atoms with Gasteiger partial charge in [-0.3, -0.25) is 9.59 Å². The summed E-state index contributed by atoms with van der Waals surface area (Å²) in [6, 6.07) is 13.1. The smallest absolute Gasteiger partial charge is 0.243 e. The highest BCUT2D eigenvalue weighted by Gasteiger charge is 2.06. The van der Waals surface area contributed by atoms with Crippen molar-refractivity contribution in [1.29, 1.82) is 0 Å². The van der Waals surface area contributed by atoms with E-state index in [1.165, 1.54) is 0 Å². The van der Waals surface area contributed by atoms with Crippen LogP contribution in [0, 0.1) is 13.8 Å². The Morgan fingerprint density at radius 3 is 1.83 bits per heavy atom. The molecule has 0 saturated heterocycles. The van der Waals surface area contributed by atoms with Crippen molar-refractivity contribution < 1.29 is 9.59 Å². The van der Waals surface area contributed by atoms with E-state index in [9.17, 15) is 9.59 Å². The molecule has 126 valence electrons. The normalized spacial score (nSPS) is 10.1. The highest BCUT2D eigenvalue weighted by atomic mass is 16.2. The minimum Gasteiger partial charge on any atom is -0.376 e. The Labute approximate surface area is 142 Å².